The Hall–Kier alpha value is -0.930. The Balaban J connectivity index is 2.05. The molecule has 0 atom stereocenters. The molecule has 0 aliphatic rings. The maximum Gasteiger partial charge on any atom is 0.123 e. The number of nitrogens with zero attached hydrogens (tertiary/aromatic N) is 1. The largest absolute Gasteiger partial charge is 0.313 e. The van der Waals surface area contributed by atoms with Crippen molar-refractivity contribution in [3.8, 4) is 0 Å². The highest BCUT2D eigenvalue weighted by Gasteiger charge is 1.94. The molecule has 0 spiro atoms. The molecule has 0 amide bonds. The summed E-state index contributed by atoms with van der Waals surface area (Å²) in [6.45, 7) is 2.98. The fraction of sp³-hybridized carbons (Fsp3) is 0.538. The van der Waals surface area contributed by atoms with Crippen LogP contribution in [0.3, 0.4) is 0 Å². The molecule has 16 heavy (non-hydrogen) atoms. The SMILES string of the molecule is CN(C)CCCCNCc1ccc(F)cc1. The third kappa shape index (κ3) is 5.83. The van der Waals surface area contributed by atoms with Gasteiger partial charge in [-0.05, 0) is 57.7 Å². The van der Waals surface area contributed by atoms with E-state index in [9.17, 15) is 4.39 Å². The van der Waals surface area contributed by atoms with Crippen molar-refractivity contribution in [1.82, 2.24) is 10.2 Å². The summed E-state index contributed by atoms with van der Waals surface area (Å²) >= 11 is 0. The first kappa shape index (κ1) is 13.1. The molecule has 0 unspecified atom stereocenters. The van der Waals surface area contributed by atoms with Gasteiger partial charge >= 0.3 is 0 Å². The van der Waals surface area contributed by atoms with Crippen molar-refractivity contribution in [2.45, 2.75) is 19.4 Å². The second-order valence-corrected chi connectivity index (χ2v) is 4.31. The molecule has 1 rings (SSSR count). The normalized spacial score (nSPS) is 11.0. The van der Waals surface area contributed by atoms with Crippen molar-refractivity contribution in [2.75, 3.05) is 27.2 Å². The number of nitrogens with one attached hydrogen (secondary N) is 1. The number of halogens is 1. The summed E-state index contributed by atoms with van der Waals surface area (Å²) in [5.74, 6) is -0.172. The van der Waals surface area contributed by atoms with Gasteiger partial charge in [0, 0.05) is 6.54 Å². The highest BCUT2D eigenvalue weighted by Crippen LogP contribution is 2.02. The first-order chi connectivity index (χ1) is 7.68. The average Bonchev–Trinajstić information content (AvgIpc) is 2.25. The number of benzene rings is 1. The van der Waals surface area contributed by atoms with Crippen LogP contribution in [0.5, 0.6) is 0 Å². The molecule has 0 aliphatic heterocycles. The van der Waals surface area contributed by atoms with Crippen LogP contribution in [0, 0.1) is 5.82 Å². The van der Waals surface area contributed by atoms with Gasteiger partial charge in [0.25, 0.3) is 0 Å². The van der Waals surface area contributed by atoms with Gasteiger partial charge in [-0.1, -0.05) is 12.1 Å². The van der Waals surface area contributed by atoms with Crippen LogP contribution in [-0.2, 0) is 6.54 Å². The first-order valence-electron chi connectivity index (χ1n) is 5.78. The summed E-state index contributed by atoms with van der Waals surface area (Å²) < 4.78 is 12.6. The molecule has 0 fully saturated rings. The Bertz CT molecular complexity index is 282. The van der Waals surface area contributed by atoms with Crippen molar-refractivity contribution in [3.05, 3.63) is 35.6 Å². The van der Waals surface area contributed by atoms with Gasteiger partial charge in [-0.15, -0.1) is 0 Å². The van der Waals surface area contributed by atoms with E-state index in [0.29, 0.717) is 0 Å². The molecule has 1 aromatic rings. The van der Waals surface area contributed by atoms with Gasteiger partial charge < -0.3 is 10.2 Å². The van der Waals surface area contributed by atoms with Crippen molar-refractivity contribution in [1.29, 1.82) is 0 Å². The van der Waals surface area contributed by atoms with Crippen LogP contribution in [0.1, 0.15) is 18.4 Å². The standard InChI is InChI=1S/C13H21FN2/c1-16(2)10-4-3-9-15-11-12-5-7-13(14)8-6-12/h5-8,15H,3-4,9-11H2,1-2H3. The topological polar surface area (TPSA) is 15.3 Å². The third-order valence-electron chi connectivity index (χ3n) is 2.45. The van der Waals surface area contributed by atoms with Gasteiger partial charge in [-0.25, -0.2) is 4.39 Å². The lowest BCUT2D eigenvalue weighted by atomic mass is 10.2. The molecule has 0 bridgehead atoms. The minimum absolute atomic E-state index is 0.172. The van der Waals surface area contributed by atoms with Crippen molar-refractivity contribution in [2.24, 2.45) is 0 Å². The van der Waals surface area contributed by atoms with Crippen LogP contribution >= 0.6 is 0 Å². The van der Waals surface area contributed by atoms with Crippen molar-refractivity contribution >= 4 is 0 Å². The third-order valence-corrected chi connectivity index (χ3v) is 2.45. The van der Waals surface area contributed by atoms with Crippen LogP contribution in [0.2, 0.25) is 0 Å². The average molecular weight is 224 g/mol. The molecular weight excluding hydrogens is 203 g/mol. The maximum absolute atomic E-state index is 12.6. The van der Waals surface area contributed by atoms with Gasteiger partial charge in [0.15, 0.2) is 0 Å². The predicted molar refractivity (Wildman–Crippen MR) is 65.9 cm³/mol. The lowest BCUT2D eigenvalue weighted by Crippen LogP contribution is -2.18. The monoisotopic (exact) mass is 224 g/mol. The number of rotatable bonds is 7. The zero-order valence-electron chi connectivity index (χ0n) is 10.2. The molecule has 0 aromatic heterocycles. The zero-order valence-corrected chi connectivity index (χ0v) is 10.2. The van der Waals surface area contributed by atoms with Crippen LogP contribution < -0.4 is 5.32 Å². The Kier molecular flexibility index (Phi) is 6.04. The molecule has 0 aliphatic carbocycles. The van der Waals surface area contributed by atoms with E-state index in [2.05, 4.69) is 24.3 Å². The highest BCUT2D eigenvalue weighted by molar-refractivity contribution is 5.15. The summed E-state index contributed by atoms with van der Waals surface area (Å²) in [7, 11) is 4.18. The minimum Gasteiger partial charge on any atom is -0.313 e. The zero-order chi connectivity index (χ0) is 11.8. The molecule has 0 heterocycles. The Labute approximate surface area is 97.5 Å². The molecule has 2 nitrogen and oxygen atoms in total. The smallest absolute Gasteiger partial charge is 0.123 e. The Morgan fingerprint density at radius 2 is 1.81 bits per heavy atom. The number of unbranched alkanes of at least 4 members (excludes halogenated alkanes) is 1. The second kappa shape index (κ2) is 7.36. The molecular formula is C13H21FN2. The summed E-state index contributed by atoms with van der Waals surface area (Å²) in [4.78, 5) is 2.19. The molecule has 1 aromatic carbocycles. The molecule has 1 N–H and O–H groups in total. The van der Waals surface area contributed by atoms with Gasteiger partial charge in [-0.2, -0.15) is 0 Å². The summed E-state index contributed by atoms with van der Waals surface area (Å²) in [6, 6.07) is 6.65. The predicted octanol–water partition coefficient (Wildman–Crippen LogP) is 2.26. The van der Waals surface area contributed by atoms with E-state index in [1.165, 1.54) is 25.0 Å². The lowest BCUT2D eigenvalue weighted by Gasteiger charge is -2.09. The number of hydrogen-bond donors (Lipinski definition) is 1. The quantitative estimate of drug-likeness (QED) is 0.715. The van der Waals surface area contributed by atoms with Crippen molar-refractivity contribution in [3.63, 3.8) is 0 Å². The minimum atomic E-state index is -0.172. The highest BCUT2D eigenvalue weighted by atomic mass is 19.1. The Morgan fingerprint density at radius 3 is 2.44 bits per heavy atom. The van der Waals surface area contributed by atoms with E-state index in [4.69, 9.17) is 0 Å². The molecule has 3 heteroatoms. The second-order valence-electron chi connectivity index (χ2n) is 4.31. The van der Waals surface area contributed by atoms with E-state index in [0.717, 1.165) is 25.2 Å². The Morgan fingerprint density at radius 1 is 1.12 bits per heavy atom. The van der Waals surface area contributed by atoms with E-state index >= 15 is 0 Å². The van der Waals surface area contributed by atoms with Gasteiger partial charge in [0.05, 0.1) is 0 Å². The van der Waals surface area contributed by atoms with Gasteiger partial charge in [0.1, 0.15) is 5.82 Å². The fourth-order valence-electron chi connectivity index (χ4n) is 1.51. The van der Waals surface area contributed by atoms with Crippen LogP contribution in [0.15, 0.2) is 24.3 Å². The van der Waals surface area contributed by atoms with Crippen LogP contribution in [0.25, 0.3) is 0 Å². The molecule has 0 saturated heterocycles. The van der Waals surface area contributed by atoms with Gasteiger partial charge in [-0.3, -0.25) is 0 Å². The lowest BCUT2D eigenvalue weighted by molar-refractivity contribution is 0.391. The van der Waals surface area contributed by atoms with E-state index in [1.807, 2.05) is 12.1 Å². The van der Waals surface area contributed by atoms with E-state index < -0.39 is 0 Å². The fourth-order valence-corrected chi connectivity index (χ4v) is 1.51. The molecule has 0 saturated carbocycles. The van der Waals surface area contributed by atoms with Crippen LogP contribution in [-0.4, -0.2) is 32.1 Å². The molecule has 90 valence electrons. The summed E-state index contributed by atoms with van der Waals surface area (Å²) in [5.41, 5.74) is 1.13. The van der Waals surface area contributed by atoms with E-state index in [1.54, 1.807) is 0 Å². The van der Waals surface area contributed by atoms with Crippen molar-refractivity contribution < 1.29 is 4.39 Å². The summed E-state index contributed by atoms with van der Waals surface area (Å²) in [5, 5.41) is 3.35. The molecule has 0 radical (unpaired) electrons. The summed E-state index contributed by atoms with van der Waals surface area (Å²) in [6.07, 6.45) is 2.39. The number of hydrogen-bond acceptors (Lipinski definition) is 2. The maximum atomic E-state index is 12.6. The van der Waals surface area contributed by atoms with E-state index in [-0.39, 0.29) is 5.82 Å². The van der Waals surface area contributed by atoms with Gasteiger partial charge in [0.2, 0.25) is 0 Å². The van der Waals surface area contributed by atoms with Crippen LogP contribution in [0.4, 0.5) is 4.39 Å². The first-order valence-corrected chi connectivity index (χ1v) is 5.78.